The molecule has 0 radical (unpaired) electrons. The third-order valence-corrected chi connectivity index (χ3v) is 6.47. The third-order valence-electron chi connectivity index (χ3n) is 6.47. The number of ether oxygens (including phenoxy) is 1. The zero-order valence-corrected chi connectivity index (χ0v) is 16.1. The van der Waals surface area contributed by atoms with Crippen molar-refractivity contribution in [2.75, 3.05) is 12.3 Å². The summed E-state index contributed by atoms with van der Waals surface area (Å²) in [6, 6.07) is 0. The van der Waals surface area contributed by atoms with Gasteiger partial charge in [-0.2, -0.15) is 0 Å². The molecule has 6 heteroatoms. The van der Waals surface area contributed by atoms with Crippen LogP contribution in [-0.4, -0.2) is 39.0 Å². The van der Waals surface area contributed by atoms with Crippen molar-refractivity contribution >= 4 is 11.9 Å². The number of carbonyl (C=O) groups is 1. The number of aromatic nitrogens is 2. The SMILES string of the molecule is CC(C)(C)OC1CC(CC(=O)N2CCc3cnc(N)nc3C2)C12CCC2. The van der Waals surface area contributed by atoms with Crippen molar-refractivity contribution in [2.45, 2.75) is 77.5 Å². The average Bonchev–Trinajstić information content (AvgIpc) is 2.50. The van der Waals surface area contributed by atoms with Crippen LogP contribution in [0.4, 0.5) is 5.95 Å². The number of nitrogens with zero attached hydrogens (tertiary/aromatic N) is 3. The first-order valence-corrected chi connectivity index (χ1v) is 9.83. The lowest BCUT2D eigenvalue weighted by Gasteiger charge is -2.62. The third kappa shape index (κ3) is 3.08. The first-order chi connectivity index (χ1) is 12.3. The zero-order valence-electron chi connectivity index (χ0n) is 16.1. The van der Waals surface area contributed by atoms with Gasteiger partial charge < -0.3 is 15.4 Å². The molecule has 1 amide bonds. The summed E-state index contributed by atoms with van der Waals surface area (Å²) in [7, 11) is 0. The maximum atomic E-state index is 12.9. The van der Waals surface area contributed by atoms with Crippen molar-refractivity contribution in [3.05, 3.63) is 17.5 Å². The molecule has 2 atom stereocenters. The number of nitrogens with two attached hydrogens (primary N) is 1. The molecule has 2 unspecified atom stereocenters. The second kappa shape index (κ2) is 6.19. The van der Waals surface area contributed by atoms with Gasteiger partial charge in [0, 0.05) is 24.6 Å². The lowest BCUT2D eigenvalue weighted by atomic mass is 9.47. The molecular formula is C20H30N4O2. The molecule has 142 valence electrons. The Bertz CT molecular complexity index is 708. The van der Waals surface area contributed by atoms with Crippen molar-refractivity contribution in [3.63, 3.8) is 0 Å². The van der Waals surface area contributed by atoms with Crippen LogP contribution in [0.1, 0.15) is 64.1 Å². The van der Waals surface area contributed by atoms with Crippen molar-refractivity contribution in [3.8, 4) is 0 Å². The minimum atomic E-state index is -0.113. The normalized spacial score (nSPS) is 26.8. The molecule has 2 fully saturated rings. The first kappa shape index (κ1) is 17.7. The molecule has 1 spiro atoms. The summed E-state index contributed by atoms with van der Waals surface area (Å²) in [6.07, 6.45) is 8.26. The highest BCUT2D eigenvalue weighted by Crippen LogP contribution is 2.62. The number of anilines is 1. The maximum Gasteiger partial charge on any atom is 0.223 e. The fraction of sp³-hybridized carbons (Fsp3) is 0.750. The Labute approximate surface area is 155 Å². The molecule has 6 nitrogen and oxygen atoms in total. The molecule has 1 aromatic heterocycles. The van der Waals surface area contributed by atoms with Crippen molar-refractivity contribution in [2.24, 2.45) is 11.3 Å². The van der Waals surface area contributed by atoms with Gasteiger partial charge in [0.05, 0.1) is 23.9 Å². The van der Waals surface area contributed by atoms with E-state index in [1.807, 2.05) is 4.90 Å². The Hall–Kier alpha value is -1.69. The highest BCUT2D eigenvalue weighted by molar-refractivity contribution is 5.77. The van der Waals surface area contributed by atoms with Gasteiger partial charge in [0.1, 0.15) is 0 Å². The number of fused-ring (bicyclic) bond motifs is 1. The summed E-state index contributed by atoms with van der Waals surface area (Å²) < 4.78 is 6.29. The fourth-order valence-electron chi connectivity index (χ4n) is 4.90. The number of rotatable bonds is 3. The summed E-state index contributed by atoms with van der Waals surface area (Å²) in [5.74, 6) is 0.999. The molecule has 26 heavy (non-hydrogen) atoms. The van der Waals surface area contributed by atoms with Gasteiger partial charge in [0.15, 0.2) is 0 Å². The Morgan fingerprint density at radius 3 is 2.85 bits per heavy atom. The monoisotopic (exact) mass is 358 g/mol. The molecule has 0 bridgehead atoms. The predicted molar refractivity (Wildman–Crippen MR) is 99.2 cm³/mol. The van der Waals surface area contributed by atoms with Crippen LogP contribution in [0.3, 0.4) is 0 Å². The zero-order chi connectivity index (χ0) is 18.5. The van der Waals surface area contributed by atoms with Gasteiger partial charge in [-0.3, -0.25) is 4.79 Å². The number of hydrogen-bond donors (Lipinski definition) is 1. The quantitative estimate of drug-likeness (QED) is 0.898. The van der Waals surface area contributed by atoms with E-state index in [2.05, 4.69) is 30.7 Å². The largest absolute Gasteiger partial charge is 0.372 e. The van der Waals surface area contributed by atoms with Gasteiger partial charge >= 0.3 is 0 Å². The molecule has 2 heterocycles. The summed E-state index contributed by atoms with van der Waals surface area (Å²) in [4.78, 5) is 23.2. The van der Waals surface area contributed by atoms with E-state index in [1.54, 1.807) is 6.20 Å². The lowest BCUT2D eigenvalue weighted by molar-refractivity contribution is -0.234. The van der Waals surface area contributed by atoms with Gasteiger partial charge in [0.25, 0.3) is 0 Å². The van der Waals surface area contributed by atoms with Gasteiger partial charge in [-0.05, 0) is 57.9 Å². The Morgan fingerprint density at radius 2 is 2.19 bits per heavy atom. The van der Waals surface area contributed by atoms with Crippen LogP contribution in [0.15, 0.2) is 6.20 Å². The maximum absolute atomic E-state index is 12.9. The van der Waals surface area contributed by atoms with Crippen LogP contribution < -0.4 is 5.73 Å². The van der Waals surface area contributed by atoms with Crippen molar-refractivity contribution in [1.29, 1.82) is 0 Å². The molecule has 1 aliphatic heterocycles. The molecule has 3 aliphatic rings. The number of hydrogen-bond acceptors (Lipinski definition) is 5. The van der Waals surface area contributed by atoms with E-state index < -0.39 is 0 Å². The number of nitrogen functional groups attached to an aromatic ring is 1. The first-order valence-electron chi connectivity index (χ1n) is 9.83. The van der Waals surface area contributed by atoms with E-state index in [1.165, 1.54) is 19.3 Å². The van der Waals surface area contributed by atoms with Gasteiger partial charge in [0.2, 0.25) is 11.9 Å². The summed E-state index contributed by atoms with van der Waals surface area (Å²) >= 11 is 0. The Balaban J connectivity index is 1.39. The molecule has 4 rings (SSSR count). The van der Waals surface area contributed by atoms with Gasteiger partial charge in [-0.1, -0.05) is 6.42 Å². The van der Waals surface area contributed by atoms with Gasteiger partial charge in [-0.15, -0.1) is 0 Å². The van der Waals surface area contributed by atoms with Gasteiger partial charge in [-0.25, -0.2) is 9.97 Å². The summed E-state index contributed by atoms with van der Waals surface area (Å²) in [6.45, 7) is 7.67. The minimum Gasteiger partial charge on any atom is -0.372 e. The summed E-state index contributed by atoms with van der Waals surface area (Å²) in [5, 5.41) is 0. The molecule has 0 aromatic carbocycles. The number of amides is 1. The topological polar surface area (TPSA) is 81.3 Å². The number of carbonyl (C=O) groups excluding carboxylic acids is 1. The average molecular weight is 358 g/mol. The molecule has 0 saturated heterocycles. The van der Waals surface area contributed by atoms with Crippen LogP contribution in [0.25, 0.3) is 0 Å². The second-order valence-corrected chi connectivity index (χ2v) is 9.21. The Kier molecular flexibility index (Phi) is 4.21. The van der Waals surface area contributed by atoms with E-state index in [9.17, 15) is 4.79 Å². The van der Waals surface area contributed by atoms with E-state index in [-0.39, 0.29) is 22.9 Å². The van der Waals surface area contributed by atoms with E-state index in [4.69, 9.17) is 10.5 Å². The summed E-state index contributed by atoms with van der Waals surface area (Å²) in [5.41, 5.74) is 7.86. The van der Waals surface area contributed by atoms with E-state index in [0.717, 1.165) is 30.6 Å². The van der Waals surface area contributed by atoms with Crippen molar-refractivity contribution < 1.29 is 9.53 Å². The standard InChI is InChI=1S/C20H30N4O2/c1-19(2,3)26-16-9-14(20(16)6-4-7-20)10-17(25)24-8-5-13-11-22-18(21)23-15(13)12-24/h11,14,16H,4-10,12H2,1-3H3,(H2,21,22,23). The molecule has 2 aliphatic carbocycles. The van der Waals surface area contributed by atoms with Crippen LogP contribution in [0, 0.1) is 11.3 Å². The highest BCUT2D eigenvalue weighted by atomic mass is 16.5. The predicted octanol–water partition coefficient (Wildman–Crippen LogP) is 2.71. The van der Waals surface area contributed by atoms with E-state index in [0.29, 0.717) is 25.0 Å². The lowest BCUT2D eigenvalue weighted by Crippen LogP contribution is -2.61. The van der Waals surface area contributed by atoms with E-state index >= 15 is 0 Å². The fourth-order valence-corrected chi connectivity index (χ4v) is 4.90. The van der Waals surface area contributed by atoms with Crippen LogP contribution in [0.2, 0.25) is 0 Å². The van der Waals surface area contributed by atoms with Crippen molar-refractivity contribution in [1.82, 2.24) is 14.9 Å². The van der Waals surface area contributed by atoms with Crippen LogP contribution in [-0.2, 0) is 22.5 Å². The molecule has 2 N–H and O–H groups in total. The molecule has 1 aromatic rings. The highest BCUT2D eigenvalue weighted by Gasteiger charge is 2.59. The molecule has 2 saturated carbocycles. The Morgan fingerprint density at radius 1 is 1.42 bits per heavy atom. The smallest absolute Gasteiger partial charge is 0.223 e. The van der Waals surface area contributed by atoms with Crippen LogP contribution in [0.5, 0.6) is 0 Å². The second-order valence-electron chi connectivity index (χ2n) is 9.21. The van der Waals surface area contributed by atoms with Crippen LogP contribution >= 0.6 is 0 Å². The minimum absolute atomic E-state index is 0.113. The molecular weight excluding hydrogens is 328 g/mol.